The summed E-state index contributed by atoms with van der Waals surface area (Å²) in [6.07, 6.45) is 1.35. The maximum Gasteiger partial charge on any atom is 0.0237 e. The minimum Gasteiger partial charge on any atom is -0.312 e. The SMILES string of the molecule is CC1CNC2CC2NC1. The molecule has 52 valence electrons. The molecule has 2 unspecified atom stereocenters. The van der Waals surface area contributed by atoms with Crippen LogP contribution in [-0.2, 0) is 0 Å². The van der Waals surface area contributed by atoms with Gasteiger partial charge in [0.1, 0.15) is 0 Å². The van der Waals surface area contributed by atoms with Crippen LogP contribution in [-0.4, -0.2) is 25.2 Å². The molecule has 1 saturated heterocycles. The Hall–Kier alpha value is -0.0800. The molecule has 0 spiro atoms. The first-order valence-corrected chi connectivity index (χ1v) is 3.83. The van der Waals surface area contributed by atoms with E-state index in [0.717, 1.165) is 18.0 Å². The van der Waals surface area contributed by atoms with Crippen molar-refractivity contribution >= 4 is 0 Å². The second kappa shape index (κ2) is 1.96. The first kappa shape index (κ1) is 5.69. The zero-order valence-corrected chi connectivity index (χ0v) is 5.85. The third-order valence-electron chi connectivity index (χ3n) is 2.25. The molecule has 0 aromatic rings. The smallest absolute Gasteiger partial charge is 0.0237 e. The van der Waals surface area contributed by atoms with Gasteiger partial charge in [-0.1, -0.05) is 6.92 Å². The topological polar surface area (TPSA) is 24.1 Å². The molecular formula is C7H14N2. The molecule has 0 aromatic heterocycles. The van der Waals surface area contributed by atoms with E-state index in [4.69, 9.17) is 0 Å². The molecule has 1 heterocycles. The van der Waals surface area contributed by atoms with E-state index in [0.29, 0.717) is 0 Å². The Labute approximate surface area is 56.0 Å². The number of nitrogens with one attached hydrogen (secondary N) is 2. The molecule has 2 atom stereocenters. The summed E-state index contributed by atoms with van der Waals surface area (Å²) in [5.74, 6) is 0.817. The predicted molar refractivity (Wildman–Crippen MR) is 37.4 cm³/mol. The Morgan fingerprint density at radius 2 is 1.67 bits per heavy atom. The maximum atomic E-state index is 3.51. The number of hydrogen-bond acceptors (Lipinski definition) is 2. The molecule has 2 N–H and O–H groups in total. The molecule has 2 aliphatic rings. The molecule has 0 bridgehead atoms. The quantitative estimate of drug-likeness (QED) is 0.476. The van der Waals surface area contributed by atoms with Gasteiger partial charge in [-0.2, -0.15) is 0 Å². The molecule has 0 radical (unpaired) electrons. The fourth-order valence-electron chi connectivity index (χ4n) is 1.42. The van der Waals surface area contributed by atoms with E-state index in [1.54, 1.807) is 0 Å². The van der Waals surface area contributed by atoms with Gasteiger partial charge in [-0.15, -0.1) is 0 Å². The van der Waals surface area contributed by atoms with Crippen molar-refractivity contribution in [2.75, 3.05) is 13.1 Å². The summed E-state index contributed by atoms with van der Waals surface area (Å²) in [6, 6.07) is 1.63. The van der Waals surface area contributed by atoms with Crippen molar-refractivity contribution in [3.8, 4) is 0 Å². The minimum absolute atomic E-state index is 0.815. The lowest BCUT2D eigenvalue weighted by Gasteiger charge is -2.07. The summed E-state index contributed by atoms with van der Waals surface area (Å²) in [7, 11) is 0. The Bertz CT molecular complexity index is 97.5. The number of hydrogen-bond donors (Lipinski definition) is 2. The first-order chi connectivity index (χ1) is 4.36. The van der Waals surface area contributed by atoms with Crippen molar-refractivity contribution < 1.29 is 0 Å². The van der Waals surface area contributed by atoms with Gasteiger partial charge in [0.15, 0.2) is 0 Å². The average molecular weight is 126 g/mol. The fourth-order valence-corrected chi connectivity index (χ4v) is 1.42. The van der Waals surface area contributed by atoms with E-state index in [-0.39, 0.29) is 0 Å². The first-order valence-electron chi connectivity index (χ1n) is 3.83. The molecule has 2 heteroatoms. The lowest BCUT2D eigenvalue weighted by Crippen LogP contribution is -2.24. The molecule has 2 rings (SSSR count). The van der Waals surface area contributed by atoms with Gasteiger partial charge in [0.25, 0.3) is 0 Å². The lowest BCUT2D eigenvalue weighted by molar-refractivity contribution is 0.514. The van der Waals surface area contributed by atoms with Gasteiger partial charge >= 0.3 is 0 Å². The van der Waals surface area contributed by atoms with Crippen LogP contribution in [0.2, 0.25) is 0 Å². The third kappa shape index (κ3) is 1.10. The summed E-state index contributed by atoms with van der Waals surface area (Å²) < 4.78 is 0. The number of fused-ring (bicyclic) bond motifs is 1. The molecule has 2 fully saturated rings. The normalized spacial score (nSPS) is 49.7. The third-order valence-corrected chi connectivity index (χ3v) is 2.25. The standard InChI is InChI=1S/C7H14N2/c1-5-3-8-6-2-7(6)9-4-5/h5-9H,2-4H2,1H3. The highest BCUT2D eigenvalue weighted by molar-refractivity contribution is 5.01. The van der Waals surface area contributed by atoms with Crippen molar-refractivity contribution in [1.29, 1.82) is 0 Å². The lowest BCUT2D eigenvalue weighted by atomic mass is 10.2. The summed E-state index contributed by atoms with van der Waals surface area (Å²) in [5.41, 5.74) is 0. The molecule has 1 saturated carbocycles. The Morgan fingerprint density at radius 3 is 2.22 bits per heavy atom. The van der Waals surface area contributed by atoms with E-state index in [9.17, 15) is 0 Å². The van der Waals surface area contributed by atoms with Gasteiger partial charge < -0.3 is 10.6 Å². The van der Waals surface area contributed by atoms with Crippen LogP contribution >= 0.6 is 0 Å². The molecule has 9 heavy (non-hydrogen) atoms. The average Bonchev–Trinajstić information content (AvgIpc) is 2.54. The maximum absolute atomic E-state index is 3.51. The predicted octanol–water partition coefficient (Wildman–Crippen LogP) is -0.0438. The summed E-state index contributed by atoms with van der Waals surface area (Å²) >= 11 is 0. The number of rotatable bonds is 0. The van der Waals surface area contributed by atoms with Crippen LogP contribution in [0.1, 0.15) is 13.3 Å². The Balaban J connectivity index is 1.89. The molecule has 0 aromatic carbocycles. The van der Waals surface area contributed by atoms with Gasteiger partial charge in [0, 0.05) is 12.1 Å². The summed E-state index contributed by atoms with van der Waals surface area (Å²) in [5, 5.41) is 7.01. The summed E-state index contributed by atoms with van der Waals surface area (Å²) in [6.45, 7) is 4.69. The highest BCUT2D eigenvalue weighted by Gasteiger charge is 2.38. The van der Waals surface area contributed by atoms with Crippen molar-refractivity contribution in [1.82, 2.24) is 10.6 Å². The highest BCUT2D eigenvalue weighted by Crippen LogP contribution is 2.23. The molecule has 1 aliphatic heterocycles. The van der Waals surface area contributed by atoms with E-state index in [1.165, 1.54) is 19.5 Å². The second-order valence-electron chi connectivity index (χ2n) is 3.37. The van der Waals surface area contributed by atoms with Crippen molar-refractivity contribution in [2.45, 2.75) is 25.4 Å². The van der Waals surface area contributed by atoms with E-state index < -0.39 is 0 Å². The molecule has 1 aliphatic carbocycles. The van der Waals surface area contributed by atoms with E-state index in [1.807, 2.05) is 0 Å². The van der Waals surface area contributed by atoms with Crippen LogP contribution in [0.15, 0.2) is 0 Å². The van der Waals surface area contributed by atoms with Gasteiger partial charge in [0.05, 0.1) is 0 Å². The zero-order chi connectivity index (χ0) is 6.27. The monoisotopic (exact) mass is 126 g/mol. The van der Waals surface area contributed by atoms with Crippen LogP contribution in [0, 0.1) is 5.92 Å². The van der Waals surface area contributed by atoms with Gasteiger partial charge in [-0.05, 0) is 25.4 Å². The van der Waals surface area contributed by atoms with Crippen molar-refractivity contribution in [3.05, 3.63) is 0 Å². The molecule has 0 amide bonds. The largest absolute Gasteiger partial charge is 0.312 e. The molecular weight excluding hydrogens is 112 g/mol. The van der Waals surface area contributed by atoms with Crippen molar-refractivity contribution in [2.24, 2.45) is 5.92 Å². The van der Waals surface area contributed by atoms with Crippen molar-refractivity contribution in [3.63, 3.8) is 0 Å². The van der Waals surface area contributed by atoms with E-state index in [2.05, 4.69) is 17.6 Å². The summed E-state index contributed by atoms with van der Waals surface area (Å²) in [4.78, 5) is 0. The van der Waals surface area contributed by atoms with Gasteiger partial charge in [-0.3, -0.25) is 0 Å². The fraction of sp³-hybridized carbons (Fsp3) is 1.00. The minimum atomic E-state index is 0.815. The molecule has 2 nitrogen and oxygen atoms in total. The van der Waals surface area contributed by atoms with Crippen LogP contribution < -0.4 is 10.6 Å². The van der Waals surface area contributed by atoms with Crippen LogP contribution in [0.3, 0.4) is 0 Å². The van der Waals surface area contributed by atoms with E-state index >= 15 is 0 Å². The van der Waals surface area contributed by atoms with Crippen LogP contribution in [0.5, 0.6) is 0 Å². The highest BCUT2D eigenvalue weighted by atomic mass is 15.1. The van der Waals surface area contributed by atoms with Gasteiger partial charge in [-0.25, -0.2) is 0 Å². The second-order valence-corrected chi connectivity index (χ2v) is 3.37. The van der Waals surface area contributed by atoms with Crippen LogP contribution in [0.4, 0.5) is 0 Å². The Morgan fingerprint density at radius 1 is 1.11 bits per heavy atom. The van der Waals surface area contributed by atoms with Gasteiger partial charge in [0.2, 0.25) is 0 Å². The Kier molecular flexibility index (Phi) is 1.24. The van der Waals surface area contributed by atoms with Crippen LogP contribution in [0.25, 0.3) is 0 Å². The zero-order valence-electron chi connectivity index (χ0n) is 5.85.